The number of halogens is 1. The van der Waals surface area contributed by atoms with E-state index in [1.54, 1.807) is 24.3 Å². The molecule has 0 aliphatic rings. The Labute approximate surface area is 118 Å². The van der Waals surface area contributed by atoms with E-state index in [0.717, 1.165) is 15.7 Å². The monoisotopic (exact) mass is 325 g/mol. The average molecular weight is 325 g/mol. The number of benzene rings is 2. The molecule has 0 radical (unpaired) electrons. The van der Waals surface area contributed by atoms with Crippen LogP contribution in [-0.2, 0) is 0 Å². The fourth-order valence-electron chi connectivity index (χ4n) is 1.56. The molecule has 2 rings (SSSR count). The summed E-state index contributed by atoms with van der Waals surface area (Å²) in [6.45, 7) is 0. The van der Waals surface area contributed by atoms with Gasteiger partial charge in [0.05, 0.1) is 0 Å². The summed E-state index contributed by atoms with van der Waals surface area (Å²) in [6.07, 6.45) is 0. The molecule has 0 unspecified atom stereocenters. The number of carbonyl (C=O) groups is 1. The van der Waals surface area contributed by atoms with Crippen molar-refractivity contribution in [2.24, 2.45) is 0 Å². The van der Waals surface area contributed by atoms with E-state index in [0.29, 0.717) is 20.0 Å². The zero-order chi connectivity index (χ0) is 13.0. The van der Waals surface area contributed by atoms with Crippen LogP contribution in [0.25, 0.3) is 0 Å². The number of hydrogen-bond donors (Lipinski definition) is 1. The molecule has 18 heavy (non-hydrogen) atoms. The van der Waals surface area contributed by atoms with Crippen LogP contribution < -0.4 is 9.78 Å². The summed E-state index contributed by atoms with van der Waals surface area (Å²) in [5.41, 5.74) is 1.50. The maximum atomic E-state index is 12.1. The minimum atomic E-state index is -0.0725. The Balaban J connectivity index is 2.19. The molecule has 0 aliphatic carbocycles. The van der Waals surface area contributed by atoms with Gasteiger partial charge in [0.15, 0.2) is 0 Å². The first-order valence-corrected chi connectivity index (χ1v) is 8.35. The van der Waals surface area contributed by atoms with E-state index in [2.05, 4.69) is 11.1 Å². The second kappa shape index (κ2) is 6.05. The number of hydrogen-bond acceptors (Lipinski definition) is 1. The van der Waals surface area contributed by atoms with Crippen molar-refractivity contribution in [2.75, 3.05) is 5.32 Å². The van der Waals surface area contributed by atoms with Crippen molar-refractivity contribution in [3.63, 3.8) is 0 Å². The molecule has 1 amide bonds. The molecule has 92 valence electrons. The van der Waals surface area contributed by atoms with Gasteiger partial charge in [-0.15, -0.1) is 0 Å². The van der Waals surface area contributed by atoms with E-state index in [1.807, 2.05) is 24.3 Å². The molecule has 0 atom stereocenters. The van der Waals surface area contributed by atoms with Gasteiger partial charge in [-0.2, -0.15) is 0 Å². The molecule has 0 aliphatic heterocycles. The minimum absolute atomic E-state index is 0.0725. The van der Waals surface area contributed by atoms with Crippen LogP contribution in [0.3, 0.4) is 0 Å². The molecule has 2 aromatic carbocycles. The third-order valence-corrected chi connectivity index (χ3v) is 4.38. The van der Waals surface area contributed by atoms with Gasteiger partial charge in [0, 0.05) is 0 Å². The second-order valence-corrected chi connectivity index (χ2v) is 5.88. The predicted molar refractivity (Wildman–Crippen MR) is 77.1 cm³/mol. The van der Waals surface area contributed by atoms with Crippen LogP contribution in [-0.4, -0.2) is 20.9 Å². The molecule has 0 heterocycles. The number of anilines is 1. The summed E-state index contributed by atoms with van der Waals surface area (Å²) >= 11 is 6.10. The Kier molecular flexibility index (Phi) is 4.43. The van der Waals surface area contributed by atoms with Gasteiger partial charge in [0.1, 0.15) is 0 Å². The summed E-state index contributed by atoms with van der Waals surface area (Å²) in [5, 5.41) is 3.53. The number of amides is 1. The summed E-state index contributed by atoms with van der Waals surface area (Å²) in [5.74, 6) is 2.03. The van der Waals surface area contributed by atoms with Gasteiger partial charge in [-0.25, -0.2) is 0 Å². The molecule has 4 heteroatoms. The molecule has 2 nitrogen and oxygen atoms in total. The van der Waals surface area contributed by atoms with Crippen LogP contribution in [0.15, 0.2) is 48.5 Å². The van der Waals surface area contributed by atoms with E-state index < -0.39 is 0 Å². The Morgan fingerprint density at radius 3 is 2.44 bits per heavy atom. The van der Waals surface area contributed by atoms with Crippen molar-refractivity contribution in [1.82, 2.24) is 0 Å². The van der Waals surface area contributed by atoms with E-state index in [9.17, 15) is 4.79 Å². The molecular formula is C14H12ClNOSe. The summed E-state index contributed by atoms with van der Waals surface area (Å²) in [4.78, 5) is 12.1. The molecule has 0 saturated carbocycles. The zero-order valence-electron chi connectivity index (χ0n) is 9.81. The molecule has 2 aromatic rings. The summed E-state index contributed by atoms with van der Waals surface area (Å²) < 4.78 is 1.11. The molecule has 0 bridgehead atoms. The topological polar surface area (TPSA) is 29.1 Å². The van der Waals surface area contributed by atoms with E-state index in [4.69, 9.17) is 11.6 Å². The SMILES string of the molecule is C[Se]c1ccccc1C(=O)Nc1ccc(Cl)cc1. The van der Waals surface area contributed by atoms with E-state index >= 15 is 0 Å². The van der Waals surface area contributed by atoms with E-state index in [1.165, 1.54) is 0 Å². The average Bonchev–Trinajstić information content (AvgIpc) is 2.41. The van der Waals surface area contributed by atoms with Gasteiger partial charge < -0.3 is 0 Å². The van der Waals surface area contributed by atoms with Gasteiger partial charge in [0.25, 0.3) is 0 Å². The Bertz CT molecular complexity index is 554. The van der Waals surface area contributed by atoms with Gasteiger partial charge in [-0.3, -0.25) is 0 Å². The maximum absolute atomic E-state index is 12.1. The molecule has 1 N–H and O–H groups in total. The van der Waals surface area contributed by atoms with Crippen molar-refractivity contribution in [3.05, 3.63) is 59.1 Å². The summed E-state index contributed by atoms with van der Waals surface area (Å²) in [7, 11) is 0. The summed E-state index contributed by atoms with van der Waals surface area (Å²) in [6, 6.07) is 14.8. The number of rotatable bonds is 3. The quantitative estimate of drug-likeness (QED) is 0.864. The van der Waals surface area contributed by atoms with Crippen LogP contribution in [0.5, 0.6) is 0 Å². The van der Waals surface area contributed by atoms with Crippen LogP contribution >= 0.6 is 11.6 Å². The van der Waals surface area contributed by atoms with Gasteiger partial charge in [0.2, 0.25) is 0 Å². The van der Waals surface area contributed by atoms with Crippen molar-refractivity contribution in [3.8, 4) is 0 Å². The van der Waals surface area contributed by atoms with Gasteiger partial charge in [-0.1, -0.05) is 0 Å². The Morgan fingerprint density at radius 1 is 1.11 bits per heavy atom. The third kappa shape index (κ3) is 3.14. The Hall–Kier alpha value is -1.28. The third-order valence-electron chi connectivity index (χ3n) is 2.45. The molecule has 0 saturated heterocycles. The Morgan fingerprint density at radius 2 is 1.78 bits per heavy atom. The first-order valence-electron chi connectivity index (χ1n) is 5.40. The molecule has 0 fully saturated rings. The molecule has 0 aromatic heterocycles. The van der Waals surface area contributed by atoms with Crippen molar-refractivity contribution < 1.29 is 4.79 Å². The normalized spacial score (nSPS) is 10.1. The number of carbonyl (C=O) groups excluding carboxylic acids is 1. The van der Waals surface area contributed by atoms with Gasteiger partial charge >= 0.3 is 118 Å². The predicted octanol–water partition coefficient (Wildman–Crippen LogP) is 2.97. The zero-order valence-corrected chi connectivity index (χ0v) is 12.3. The van der Waals surface area contributed by atoms with Crippen LogP contribution in [0.1, 0.15) is 10.4 Å². The van der Waals surface area contributed by atoms with Crippen LogP contribution in [0.2, 0.25) is 10.8 Å². The fourth-order valence-corrected chi connectivity index (χ4v) is 2.94. The number of nitrogens with one attached hydrogen (secondary N) is 1. The van der Waals surface area contributed by atoms with Crippen molar-refractivity contribution in [2.45, 2.75) is 5.82 Å². The van der Waals surface area contributed by atoms with Gasteiger partial charge in [-0.05, 0) is 0 Å². The van der Waals surface area contributed by atoms with Crippen LogP contribution in [0.4, 0.5) is 5.69 Å². The standard InChI is InChI=1S/C14H12ClNOSe/c1-18-13-5-3-2-4-12(13)14(17)16-11-8-6-10(15)7-9-11/h2-9H,1H3,(H,16,17). The van der Waals surface area contributed by atoms with Crippen LogP contribution in [0, 0.1) is 0 Å². The molecular weight excluding hydrogens is 313 g/mol. The van der Waals surface area contributed by atoms with Crippen molar-refractivity contribution in [1.29, 1.82) is 0 Å². The molecule has 0 spiro atoms. The fraction of sp³-hybridized carbons (Fsp3) is 0.0714. The first kappa shape index (κ1) is 13.2. The second-order valence-electron chi connectivity index (χ2n) is 3.66. The first-order chi connectivity index (χ1) is 8.70. The van der Waals surface area contributed by atoms with Crippen molar-refractivity contribution >= 4 is 42.6 Å². The van der Waals surface area contributed by atoms with E-state index in [-0.39, 0.29) is 5.91 Å².